The molecule has 0 amide bonds. The lowest BCUT2D eigenvalue weighted by Gasteiger charge is -2.07. The van der Waals surface area contributed by atoms with Crippen molar-refractivity contribution < 1.29 is 14.1 Å². The van der Waals surface area contributed by atoms with E-state index in [2.05, 4.69) is 0 Å². The summed E-state index contributed by atoms with van der Waals surface area (Å²) >= 11 is 5.93. The Morgan fingerprint density at radius 3 is 2.53 bits per heavy atom. The summed E-state index contributed by atoms with van der Waals surface area (Å²) in [6, 6.07) is 9.61. The first-order valence-electron chi connectivity index (χ1n) is 5.37. The molecule has 2 aromatic carbocycles. The topological polar surface area (TPSA) is 52.4 Å². The second kappa shape index (κ2) is 5.67. The summed E-state index contributed by atoms with van der Waals surface area (Å²) in [5.41, 5.74) is 0.447. The van der Waals surface area contributed by atoms with E-state index in [1.807, 2.05) is 0 Å². The van der Waals surface area contributed by atoms with Gasteiger partial charge in [-0.3, -0.25) is 10.1 Å². The van der Waals surface area contributed by atoms with E-state index in [9.17, 15) is 14.5 Å². The fraction of sp³-hybridized carbons (Fsp3) is 0.0769. The van der Waals surface area contributed by atoms with Crippen molar-refractivity contribution in [2.45, 2.75) is 6.61 Å². The van der Waals surface area contributed by atoms with Gasteiger partial charge >= 0.3 is 0 Å². The number of benzene rings is 2. The van der Waals surface area contributed by atoms with Gasteiger partial charge in [-0.1, -0.05) is 11.6 Å². The molecule has 6 heteroatoms. The predicted octanol–water partition coefficient (Wildman–Crippen LogP) is 3.97. The fourth-order valence-corrected chi connectivity index (χ4v) is 1.65. The van der Waals surface area contributed by atoms with Crippen LogP contribution < -0.4 is 4.74 Å². The van der Waals surface area contributed by atoms with E-state index < -0.39 is 4.92 Å². The highest BCUT2D eigenvalue weighted by Gasteiger charge is 2.10. The number of rotatable bonds is 4. The van der Waals surface area contributed by atoms with Crippen LogP contribution in [0.4, 0.5) is 10.1 Å². The molecule has 0 aliphatic carbocycles. The molecule has 0 fully saturated rings. The molecule has 0 aromatic heterocycles. The SMILES string of the molecule is O=[N+]([O-])c1ccc(Cl)c(COc2ccc(F)cc2)c1. The molecule has 0 spiro atoms. The molecule has 4 nitrogen and oxygen atoms in total. The van der Waals surface area contributed by atoms with Crippen molar-refractivity contribution in [3.63, 3.8) is 0 Å². The zero-order valence-electron chi connectivity index (χ0n) is 9.68. The van der Waals surface area contributed by atoms with Crippen LogP contribution in [-0.2, 0) is 6.61 Å². The van der Waals surface area contributed by atoms with Crippen LogP contribution in [0.3, 0.4) is 0 Å². The van der Waals surface area contributed by atoms with Gasteiger partial charge in [-0.05, 0) is 30.3 Å². The minimum atomic E-state index is -0.502. The molecule has 0 bridgehead atoms. The van der Waals surface area contributed by atoms with E-state index in [1.54, 1.807) is 0 Å². The largest absolute Gasteiger partial charge is 0.489 e. The number of nitro benzene ring substituents is 1. The molecule has 0 radical (unpaired) electrons. The first kappa shape index (κ1) is 13.3. The molecule has 0 aliphatic heterocycles. The first-order valence-corrected chi connectivity index (χ1v) is 5.75. The highest BCUT2D eigenvalue weighted by molar-refractivity contribution is 6.31. The normalized spacial score (nSPS) is 10.2. The second-order valence-corrected chi connectivity index (χ2v) is 4.18. The van der Waals surface area contributed by atoms with Crippen LogP contribution in [0, 0.1) is 15.9 Å². The van der Waals surface area contributed by atoms with E-state index in [0.29, 0.717) is 16.3 Å². The summed E-state index contributed by atoms with van der Waals surface area (Å²) in [5, 5.41) is 11.0. The van der Waals surface area contributed by atoms with Crippen LogP contribution in [0.5, 0.6) is 5.75 Å². The van der Waals surface area contributed by atoms with Gasteiger partial charge < -0.3 is 4.74 Å². The number of nitrogens with zero attached hydrogens (tertiary/aromatic N) is 1. The lowest BCUT2D eigenvalue weighted by Crippen LogP contribution is -1.98. The lowest BCUT2D eigenvalue weighted by atomic mass is 10.2. The van der Waals surface area contributed by atoms with Crippen molar-refractivity contribution in [2.24, 2.45) is 0 Å². The summed E-state index contributed by atoms with van der Waals surface area (Å²) in [6.45, 7) is 0.0755. The lowest BCUT2D eigenvalue weighted by molar-refractivity contribution is -0.384. The molecule has 98 valence electrons. The van der Waals surface area contributed by atoms with Crippen LogP contribution in [0.2, 0.25) is 5.02 Å². The fourth-order valence-electron chi connectivity index (χ4n) is 1.48. The number of halogens is 2. The molecule has 0 saturated carbocycles. The maximum absolute atomic E-state index is 12.7. The monoisotopic (exact) mass is 281 g/mol. The van der Waals surface area contributed by atoms with E-state index in [0.717, 1.165) is 0 Å². The van der Waals surface area contributed by atoms with Crippen molar-refractivity contribution in [3.05, 3.63) is 69.0 Å². The third-order valence-corrected chi connectivity index (χ3v) is 2.82. The molecule has 0 atom stereocenters. The van der Waals surface area contributed by atoms with Gasteiger partial charge in [0.2, 0.25) is 0 Å². The van der Waals surface area contributed by atoms with E-state index in [4.69, 9.17) is 16.3 Å². The van der Waals surface area contributed by atoms with Crippen molar-refractivity contribution in [2.75, 3.05) is 0 Å². The number of ether oxygens (including phenoxy) is 1. The Hall–Kier alpha value is -2.14. The Bertz CT molecular complexity index is 601. The maximum atomic E-state index is 12.7. The summed E-state index contributed by atoms with van der Waals surface area (Å²) < 4.78 is 18.1. The van der Waals surface area contributed by atoms with Crippen molar-refractivity contribution >= 4 is 17.3 Å². The Morgan fingerprint density at radius 1 is 1.21 bits per heavy atom. The van der Waals surface area contributed by atoms with Crippen LogP contribution in [0.25, 0.3) is 0 Å². The molecule has 0 unspecified atom stereocenters. The van der Waals surface area contributed by atoms with E-state index >= 15 is 0 Å². The van der Waals surface area contributed by atoms with Crippen molar-refractivity contribution in [1.82, 2.24) is 0 Å². The predicted molar refractivity (Wildman–Crippen MR) is 68.8 cm³/mol. The van der Waals surface area contributed by atoms with Gasteiger partial charge in [0.25, 0.3) is 5.69 Å². The summed E-state index contributed by atoms with van der Waals surface area (Å²) in [4.78, 5) is 10.2. The molecule has 0 saturated heterocycles. The van der Waals surface area contributed by atoms with E-state index in [1.165, 1.54) is 42.5 Å². The van der Waals surface area contributed by atoms with Crippen LogP contribution in [-0.4, -0.2) is 4.92 Å². The Balaban J connectivity index is 2.12. The zero-order chi connectivity index (χ0) is 13.8. The standard InChI is InChI=1S/C13H9ClFNO3/c14-13-6-3-11(16(17)18)7-9(13)8-19-12-4-1-10(15)2-5-12/h1-7H,8H2. The molecule has 2 aromatic rings. The van der Waals surface area contributed by atoms with Crippen LogP contribution in [0.1, 0.15) is 5.56 Å². The quantitative estimate of drug-likeness (QED) is 0.629. The molecule has 19 heavy (non-hydrogen) atoms. The van der Waals surface area contributed by atoms with Gasteiger partial charge in [0.1, 0.15) is 18.2 Å². The van der Waals surface area contributed by atoms with E-state index in [-0.39, 0.29) is 18.1 Å². The van der Waals surface area contributed by atoms with Gasteiger partial charge in [-0.15, -0.1) is 0 Å². The van der Waals surface area contributed by atoms with Crippen LogP contribution in [0.15, 0.2) is 42.5 Å². The van der Waals surface area contributed by atoms with Crippen molar-refractivity contribution in [1.29, 1.82) is 0 Å². The number of nitro groups is 1. The van der Waals surface area contributed by atoms with Gasteiger partial charge in [-0.25, -0.2) is 4.39 Å². The summed E-state index contributed by atoms with van der Waals surface area (Å²) in [6.07, 6.45) is 0. The highest BCUT2D eigenvalue weighted by atomic mass is 35.5. The third-order valence-electron chi connectivity index (χ3n) is 2.45. The molecule has 0 N–H and O–H groups in total. The van der Waals surface area contributed by atoms with Gasteiger partial charge in [0.05, 0.1) is 4.92 Å². The number of non-ortho nitro benzene ring substituents is 1. The van der Waals surface area contributed by atoms with Gasteiger partial charge in [0, 0.05) is 22.7 Å². The Kier molecular flexibility index (Phi) is 3.97. The Morgan fingerprint density at radius 2 is 1.89 bits per heavy atom. The molecule has 0 heterocycles. The summed E-state index contributed by atoms with van der Waals surface area (Å²) in [5.74, 6) is 0.102. The van der Waals surface area contributed by atoms with Gasteiger partial charge in [0.15, 0.2) is 0 Å². The van der Waals surface area contributed by atoms with Crippen LogP contribution >= 0.6 is 11.6 Å². The maximum Gasteiger partial charge on any atom is 0.269 e. The first-order chi connectivity index (χ1) is 9.06. The second-order valence-electron chi connectivity index (χ2n) is 3.78. The minimum absolute atomic E-state index is 0.0536. The van der Waals surface area contributed by atoms with Gasteiger partial charge in [-0.2, -0.15) is 0 Å². The van der Waals surface area contributed by atoms with Crippen molar-refractivity contribution in [3.8, 4) is 5.75 Å². The summed E-state index contributed by atoms with van der Waals surface area (Å²) in [7, 11) is 0. The smallest absolute Gasteiger partial charge is 0.269 e. The average Bonchev–Trinajstić information content (AvgIpc) is 2.39. The average molecular weight is 282 g/mol. The zero-order valence-corrected chi connectivity index (χ0v) is 10.4. The molecule has 0 aliphatic rings. The Labute approximate surface area is 113 Å². The molecular formula is C13H9ClFNO3. The molecular weight excluding hydrogens is 273 g/mol. The number of hydrogen-bond donors (Lipinski definition) is 0. The minimum Gasteiger partial charge on any atom is -0.489 e. The molecule has 2 rings (SSSR count). The third kappa shape index (κ3) is 3.42. The highest BCUT2D eigenvalue weighted by Crippen LogP contribution is 2.23. The number of hydrogen-bond acceptors (Lipinski definition) is 3.